The highest BCUT2D eigenvalue weighted by Crippen LogP contribution is 2.29. The van der Waals surface area contributed by atoms with Crippen LogP contribution in [0, 0.1) is 13.8 Å². The number of ether oxygens (including phenoxy) is 1. The van der Waals surface area contributed by atoms with Crippen molar-refractivity contribution < 1.29 is 4.74 Å². The first-order chi connectivity index (χ1) is 10.2. The summed E-state index contributed by atoms with van der Waals surface area (Å²) in [5, 5.41) is 3.67. The number of hydrogen-bond acceptors (Lipinski definition) is 3. The standard InChI is InChI=1S/C18H30N2O/c1-5-19-18(17-9-6-14(2)12-15(17)3)13-20(10-11-21-4)16-7-8-16/h6,9,12,16,18-19H,5,7-8,10-11,13H2,1-4H3. The molecule has 21 heavy (non-hydrogen) atoms. The molecule has 0 amide bonds. The second kappa shape index (κ2) is 7.92. The Labute approximate surface area is 129 Å². The van der Waals surface area contributed by atoms with Crippen molar-refractivity contribution in [1.82, 2.24) is 10.2 Å². The molecule has 1 unspecified atom stereocenters. The van der Waals surface area contributed by atoms with E-state index in [-0.39, 0.29) is 0 Å². The number of likely N-dealkylation sites (N-methyl/N-ethyl adjacent to an activating group) is 1. The molecule has 1 aliphatic carbocycles. The zero-order chi connectivity index (χ0) is 15.2. The van der Waals surface area contributed by atoms with E-state index in [2.05, 4.69) is 49.2 Å². The number of benzene rings is 1. The Hall–Kier alpha value is -0.900. The van der Waals surface area contributed by atoms with Crippen molar-refractivity contribution in [3.63, 3.8) is 0 Å². The average molecular weight is 290 g/mol. The molecule has 1 atom stereocenters. The number of nitrogens with one attached hydrogen (secondary N) is 1. The number of methoxy groups -OCH3 is 1. The smallest absolute Gasteiger partial charge is 0.0589 e. The molecular formula is C18H30N2O. The van der Waals surface area contributed by atoms with E-state index in [1.54, 1.807) is 7.11 Å². The first-order valence-electron chi connectivity index (χ1n) is 8.19. The second-order valence-electron chi connectivity index (χ2n) is 6.19. The number of nitrogens with zero attached hydrogens (tertiary/aromatic N) is 1. The molecule has 1 fully saturated rings. The normalized spacial score (nSPS) is 16.4. The maximum Gasteiger partial charge on any atom is 0.0589 e. The summed E-state index contributed by atoms with van der Waals surface area (Å²) >= 11 is 0. The minimum absolute atomic E-state index is 0.410. The van der Waals surface area contributed by atoms with Crippen LogP contribution in [0.2, 0.25) is 0 Å². The van der Waals surface area contributed by atoms with Crippen LogP contribution in [0.1, 0.15) is 42.5 Å². The van der Waals surface area contributed by atoms with Gasteiger partial charge < -0.3 is 10.1 Å². The lowest BCUT2D eigenvalue weighted by molar-refractivity contribution is 0.136. The van der Waals surface area contributed by atoms with E-state index in [9.17, 15) is 0 Å². The third-order valence-corrected chi connectivity index (χ3v) is 4.31. The third kappa shape index (κ3) is 4.80. The Morgan fingerprint density at radius 3 is 2.67 bits per heavy atom. The molecule has 0 bridgehead atoms. The van der Waals surface area contributed by atoms with Crippen molar-refractivity contribution >= 4 is 0 Å². The third-order valence-electron chi connectivity index (χ3n) is 4.31. The fourth-order valence-corrected chi connectivity index (χ4v) is 3.04. The Morgan fingerprint density at radius 2 is 2.10 bits per heavy atom. The molecule has 1 aromatic rings. The minimum atomic E-state index is 0.410. The summed E-state index contributed by atoms with van der Waals surface area (Å²) in [5.74, 6) is 0. The minimum Gasteiger partial charge on any atom is -0.383 e. The zero-order valence-electron chi connectivity index (χ0n) is 14.0. The van der Waals surface area contributed by atoms with E-state index < -0.39 is 0 Å². The lowest BCUT2D eigenvalue weighted by atomic mass is 9.98. The average Bonchev–Trinajstić information content (AvgIpc) is 3.27. The highest BCUT2D eigenvalue weighted by Gasteiger charge is 2.30. The summed E-state index contributed by atoms with van der Waals surface area (Å²) in [5.41, 5.74) is 4.17. The van der Waals surface area contributed by atoms with Crippen LogP contribution in [0.5, 0.6) is 0 Å². The van der Waals surface area contributed by atoms with Crippen LogP contribution in [0.25, 0.3) is 0 Å². The van der Waals surface area contributed by atoms with Gasteiger partial charge in [-0.15, -0.1) is 0 Å². The highest BCUT2D eigenvalue weighted by atomic mass is 16.5. The molecule has 0 spiro atoms. The lowest BCUT2D eigenvalue weighted by Gasteiger charge is -2.29. The first kappa shape index (κ1) is 16.5. The maximum atomic E-state index is 5.27. The Morgan fingerprint density at radius 1 is 1.33 bits per heavy atom. The van der Waals surface area contributed by atoms with Gasteiger partial charge in [0, 0.05) is 32.3 Å². The molecule has 0 saturated heterocycles. The highest BCUT2D eigenvalue weighted by molar-refractivity contribution is 5.33. The van der Waals surface area contributed by atoms with E-state index in [1.807, 2.05) is 0 Å². The van der Waals surface area contributed by atoms with Crippen LogP contribution in [0.3, 0.4) is 0 Å². The van der Waals surface area contributed by atoms with Crippen LogP contribution < -0.4 is 5.32 Å². The van der Waals surface area contributed by atoms with E-state index in [4.69, 9.17) is 4.74 Å². The van der Waals surface area contributed by atoms with Gasteiger partial charge in [0.15, 0.2) is 0 Å². The van der Waals surface area contributed by atoms with Crippen molar-refractivity contribution in [2.75, 3.05) is 33.4 Å². The van der Waals surface area contributed by atoms with Crippen LogP contribution in [0.4, 0.5) is 0 Å². The molecule has 1 saturated carbocycles. The van der Waals surface area contributed by atoms with Crippen molar-refractivity contribution in [2.45, 2.75) is 45.7 Å². The van der Waals surface area contributed by atoms with Crippen LogP contribution in [-0.4, -0.2) is 44.3 Å². The fraction of sp³-hybridized carbons (Fsp3) is 0.667. The molecule has 3 heteroatoms. The Kier molecular flexibility index (Phi) is 6.22. The van der Waals surface area contributed by atoms with E-state index in [0.29, 0.717) is 6.04 Å². The summed E-state index contributed by atoms with van der Waals surface area (Å²) in [7, 11) is 1.79. The van der Waals surface area contributed by atoms with Gasteiger partial charge in [-0.05, 0) is 44.4 Å². The largest absolute Gasteiger partial charge is 0.383 e. The van der Waals surface area contributed by atoms with Gasteiger partial charge in [-0.25, -0.2) is 0 Å². The Balaban J connectivity index is 2.09. The molecular weight excluding hydrogens is 260 g/mol. The predicted molar refractivity (Wildman–Crippen MR) is 88.8 cm³/mol. The molecule has 0 aromatic heterocycles. The van der Waals surface area contributed by atoms with Gasteiger partial charge in [0.05, 0.1) is 6.61 Å². The lowest BCUT2D eigenvalue weighted by Crippen LogP contribution is -2.38. The number of rotatable bonds is 9. The number of hydrogen-bond donors (Lipinski definition) is 1. The van der Waals surface area contributed by atoms with Crippen molar-refractivity contribution in [3.05, 3.63) is 34.9 Å². The fourth-order valence-electron chi connectivity index (χ4n) is 3.04. The number of aryl methyl sites for hydroxylation is 2. The summed E-state index contributed by atoms with van der Waals surface area (Å²) in [4.78, 5) is 2.59. The van der Waals surface area contributed by atoms with Gasteiger partial charge in [0.1, 0.15) is 0 Å². The Bertz CT molecular complexity index is 443. The second-order valence-corrected chi connectivity index (χ2v) is 6.19. The van der Waals surface area contributed by atoms with Gasteiger partial charge >= 0.3 is 0 Å². The summed E-state index contributed by atoms with van der Waals surface area (Å²) in [6.45, 7) is 10.5. The molecule has 1 aliphatic rings. The molecule has 0 heterocycles. The quantitative estimate of drug-likeness (QED) is 0.756. The SMILES string of the molecule is CCNC(CN(CCOC)C1CC1)c1ccc(C)cc1C. The molecule has 118 valence electrons. The van der Waals surface area contributed by atoms with Gasteiger partial charge in [-0.3, -0.25) is 4.90 Å². The topological polar surface area (TPSA) is 24.5 Å². The molecule has 1 aromatic carbocycles. The molecule has 1 N–H and O–H groups in total. The van der Waals surface area contributed by atoms with Gasteiger partial charge in [-0.2, -0.15) is 0 Å². The first-order valence-corrected chi connectivity index (χ1v) is 8.19. The summed E-state index contributed by atoms with van der Waals surface area (Å²) in [6.07, 6.45) is 2.69. The maximum absolute atomic E-state index is 5.27. The van der Waals surface area contributed by atoms with Gasteiger partial charge in [0.2, 0.25) is 0 Å². The summed E-state index contributed by atoms with van der Waals surface area (Å²) < 4.78 is 5.27. The molecule has 3 nitrogen and oxygen atoms in total. The van der Waals surface area contributed by atoms with Crippen molar-refractivity contribution in [2.24, 2.45) is 0 Å². The zero-order valence-corrected chi connectivity index (χ0v) is 14.0. The van der Waals surface area contributed by atoms with E-state index in [1.165, 1.54) is 29.5 Å². The molecule has 2 rings (SSSR count). The van der Waals surface area contributed by atoms with Gasteiger partial charge in [0.25, 0.3) is 0 Å². The monoisotopic (exact) mass is 290 g/mol. The van der Waals surface area contributed by atoms with Crippen molar-refractivity contribution in [1.29, 1.82) is 0 Å². The van der Waals surface area contributed by atoms with Crippen LogP contribution in [-0.2, 0) is 4.74 Å². The predicted octanol–water partition coefficient (Wildman–Crippen LogP) is 3.06. The molecule has 0 radical (unpaired) electrons. The van der Waals surface area contributed by atoms with Crippen LogP contribution in [0.15, 0.2) is 18.2 Å². The van der Waals surface area contributed by atoms with E-state index >= 15 is 0 Å². The molecule has 0 aliphatic heterocycles. The van der Waals surface area contributed by atoms with Crippen molar-refractivity contribution in [3.8, 4) is 0 Å². The van der Waals surface area contributed by atoms with E-state index in [0.717, 1.165) is 32.3 Å². The van der Waals surface area contributed by atoms with Gasteiger partial charge in [-0.1, -0.05) is 30.7 Å². The van der Waals surface area contributed by atoms with Crippen LogP contribution >= 0.6 is 0 Å². The summed E-state index contributed by atoms with van der Waals surface area (Å²) in [6, 6.07) is 7.99.